The van der Waals surface area contributed by atoms with E-state index >= 15 is 0 Å². The van der Waals surface area contributed by atoms with Gasteiger partial charge in [0.1, 0.15) is 5.52 Å². The summed E-state index contributed by atoms with van der Waals surface area (Å²) in [6.07, 6.45) is 3.42. The van der Waals surface area contributed by atoms with Crippen LogP contribution >= 0.6 is 23.4 Å². The highest BCUT2D eigenvalue weighted by molar-refractivity contribution is 7.98. The summed E-state index contributed by atoms with van der Waals surface area (Å²) < 4.78 is 0. The van der Waals surface area contributed by atoms with Gasteiger partial charge in [0.15, 0.2) is 5.16 Å². The lowest BCUT2D eigenvalue weighted by molar-refractivity contribution is 1.03. The maximum absolute atomic E-state index is 5.84. The Morgan fingerprint density at radius 2 is 2.42 bits per heavy atom. The quantitative estimate of drug-likeness (QED) is 0.713. The summed E-state index contributed by atoms with van der Waals surface area (Å²) >= 11 is 7.35. The highest BCUT2D eigenvalue weighted by atomic mass is 35.5. The zero-order valence-corrected chi connectivity index (χ0v) is 7.78. The first kappa shape index (κ1) is 7.82. The van der Waals surface area contributed by atoms with Gasteiger partial charge >= 0.3 is 0 Å². The van der Waals surface area contributed by atoms with E-state index in [1.807, 2.05) is 6.26 Å². The Balaban J connectivity index is 2.74. The van der Waals surface area contributed by atoms with E-state index in [4.69, 9.17) is 11.6 Å². The van der Waals surface area contributed by atoms with Crippen LogP contribution in [0.25, 0.3) is 11.2 Å². The van der Waals surface area contributed by atoms with Gasteiger partial charge in [-0.2, -0.15) is 5.10 Å². The second kappa shape index (κ2) is 2.91. The van der Waals surface area contributed by atoms with E-state index < -0.39 is 0 Å². The molecule has 0 bridgehead atoms. The molecule has 0 amide bonds. The first-order valence-corrected chi connectivity index (χ1v) is 4.82. The normalized spacial score (nSPS) is 10.8. The van der Waals surface area contributed by atoms with Crippen molar-refractivity contribution in [3.05, 3.63) is 11.2 Å². The van der Waals surface area contributed by atoms with Crippen molar-refractivity contribution in [1.82, 2.24) is 20.2 Å². The lowest BCUT2D eigenvalue weighted by Gasteiger charge is -1.86. The largest absolute Gasteiger partial charge is 0.330 e. The Morgan fingerprint density at radius 3 is 3.08 bits per heavy atom. The molecular formula is C6H5ClN4S. The monoisotopic (exact) mass is 200 g/mol. The molecule has 0 spiro atoms. The van der Waals surface area contributed by atoms with Crippen LogP contribution in [0.1, 0.15) is 0 Å². The summed E-state index contributed by atoms with van der Waals surface area (Å²) in [7, 11) is 0. The number of halogens is 1. The second-order valence-corrected chi connectivity index (χ2v) is 3.34. The summed E-state index contributed by atoms with van der Waals surface area (Å²) in [4.78, 5) is 7.17. The predicted octanol–water partition coefficient (Wildman–Crippen LogP) is 1.73. The molecule has 0 aliphatic rings. The number of aromatic amines is 1. The number of hydrogen-bond donors (Lipinski definition) is 1. The van der Waals surface area contributed by atoms with Crippen molar-refractivity contribution in [3.8, 4) is 0 Å². The molecule has 2 aromatic rings. The van der Waals surface area contributed by atoms with Crippen LogP contribution in [-0.4, -0.2) is 26.4 Å². The van der Waals surface area contributed by atoms with E-state index in [1.165, 1.54) is 18.0 Å². The van der Waals surface area contributed by atoms with Crippen molar-refractivity contribution in [1.29, 1.82) is 0 Å². The SMILES string of the molecule is CSc1nc2nncc(Cl)c2[nH]1. The van der Waals surface area contributed by atoms with Crippen LogP contribution in [0.2, 0.25) is 5.02 Å². The summed E-state index contributed by atoms with van der Waals surface area (Å²) in [5.41, 5.74) is 1.31. The third-order valence-corrected chi connectivity index (χ3v) is 2.29. The topological polar surface area (TPSA) is 54.5 Å². The number of H-pyrrole nitrogens is 1. The maximum atomic E-state index is 5.84. The van der Waals surface area contributed by atoms with Crippen molar-refractivity contribution in [3.63, 3.8) is 0 Å². The average molecular weight is 201 g/mol. The molecule has 0 aliphatic heterocycles. The lowest BCUT2D eigenvalue weighted by Crippen LogP contribution is -1.81. The number of hydrogen-bond acceptors (Lipinski definition) is 4. The fourth-order valence-electron chi connectivity index (χ4n) is 0.877. The third kappa shape index (κ3) is 1.15. The van der Waals surface area contributed by atoms with Crippen LogP contribution in [-0.2, 0) is 0 Å². The number of fused-ring (bicyclic) bond motifs is 1. The van der Waals surface area contributed by atoms with Crippen LogP contribution in [0, 0.1) is 0 Å². The van der Waals surface area contributed by atoms with Gasteiger partial charge in [0.25, 0.3) is 0 Å². The molecule has 0 aliphatic carbocycles. The molecule has 0 saturated carbocycles. The Labute approximate surface area is 77.7 Å². The number of rotatable bonds is 1. The lowest BCUT2D eigenvalue weighted by atomic mass is 10.5. The van der Waals surface area contributed by atoms with E-state index in [0.29, 0.717) is 10.7 Å². The van der Waals surface area contributed by atoms with Crippen LogP contribution < -0.4 is 0 Å². The second-order valence-electron chi connectivity index (χ2n) is 2.14. The number of nitrogens with zero attached hydrogens (tertiary/aromatic N) is 3. The van der Waals surface area contributed by atoms with Crippen LogP contribution in [0.4, 0.5) is 0 Å². The van der Waals surface area contributed by atoms with Crippen molar-refractivity contribution >= 4 is 34.5 Å². The highest BCUT2D eigenvalue weighted by Crippen LogP contribution is 2.20. The van der Waals surface area contributed by atoms with Crippen molar-refractivity contribution in [2.45, 2.75) is 5.16 Å². The number of imidazole rings is 1. The van der Waals surface area contributed by atoms with Gasteiger partial charge in [-0.05, 0) is 6.26 Å². The average Bonchev–Trinajstić information content (AvgIpc) is 2.49. The van der Waals surface area contributed by atoms with Crippen molar-refractivity contribution < 1.29 is 0 Å². The minimum Gasteiger partial charge on any atom is -0.330 e. The molecule has 12 heavy (non-hydrogen) atoms. The zero-order valence-electron chi connectivity index (χ0n) is 6.21. The highest BCUT2D eigenvalue weighted by Gasteiger charge is 2.05. The Kier molecular flexibility index (Phi) is 1.90. The Morgan fingerprint density at radius 1 is 1.58 bits per heavy atom. The molecule has 0 fully saturated rings. The van der Waals surface area contributed by atoms with E-state index in [1.54, 1.807) is 0 Å². The molecule has 2 rings (SSSR count). The van der Waals surface area contributed by atoms with Gasteiger partial charge in [-0.15, -0.1) is 5.10 Å². The number of thioether (sulfide) groups is 1. The number of nitrogens with one attached hydrogen (secondary N) is 1. The Bertz CT molecular complexity index is 413. The smallest absolute Gasteiger partial charge is 0.202 e. The van der Waals surface area contributed by atoms with E-state index in [0.717, 1.165) is 10.7 Å². The Hall–Kier alpha value is -0.810. The fraction of sp³-hybridized carbons (Fsp3) is 0.167. The molecule has 0 saturated heterocycles. The van der Waals surface area contributed by atoms with Crippen LogP contribution in [0.3, 0.4) is 0 Å². The predicted molar refractivity (Wildman–Crippen MR) is 48.5 cm³/mol. The molecule has 2 aromatic heterocycles. The van der Waals surface area contributed by atoms with Gasteiger partial charge in [-0.3, -0.25) is 0 Å². The molecule has 0 aromatic carbocycles. The first-order chi connectivity index (χ1) is 5.81. The van der Waals surface area contributed by atoms with Crippen molar-refractivity contribution in [2.24, 2.45) is 0 Å². The molecule has 6 heteroatoms. The van der Waals surface area contributed by atoms with Gasteiger partial charge in [0.2, 0.25) is 5.65 Å². The molecule has 4 nitrogen and oxygen atoms in total. The molecule has 2 heterocycles. The third-order valence-electron chi connectivity index (χ3n) is 1.42. The molecule has 0 atom stereocenters. The summed E-state index contributed by atoms with van der Waals surface area (Å²) in [5.74, 6) is 0. The minimum absolute atomic E-state index is 0.549. The number of aromatic nitrogens is 4. The van der Waals surface area contributed by atoms with Crippen LogP contribution in [0.5, 0.6) is 0 Å². The van der Waals surface area contributed by atoms with Gasteiger partial charge in [0.05, 0.1) is 11.2 Å². The molecule has 0 unspecified atom stereocenters. The van der Waals surface area contributed by atoms with Gasteiger partial charge in [-0.1, -0.05) is 23.4 Å². The van der Waals surface area contributed by atoms with Crippen molar-refractivity contribution in [2.75, 3.05) is 6.26 Å². The zero-order chi connectivity index (χ0) is 8.55. The first-order valence-electron chi connectivity index (χ1n) is 3.22. The molecular weight excluding hydrogens is 196 g/mol. The summed E-state index contributed by atoms with van der Waals surface area (Å²) in [5, 5.41) is 8.85. The van der Waals surface area contributed by atoms with E-state index in [2.05, 4.69) is 20.2 Å². The fourth-order valence-corrected chi connectivity index (χ4v) is 1.43. The van der Waals surface area contributed by atoms with Gasteiger partial charge in [-0.25, -0.2) is 4.98 Å². The van der Waals surface area contributed by atoms with E-state index in [-0.39, 0.29) is 0 Å². The molecule has 0 radical (unpaired) electrons. The summed E-state index contributed by atoms with van der Waals surface area (Å²) in [6, 6.07) is 0. The summed E-state index contributed by atoms with van der Waals surface area (Å²) in [6.45, 7) is 0. The maximum Gasteiger partial charge on any atom is 0.202 e. The van der Waals surface area contributed by atoms with Crippen LogP contribution in [0.15, 0.2) is 11.4 Å². The van der Waals surface area contributed by atoms with Gasteiger partial charge < -0.3 is 4.98 Å². The van der Waals surface area contributed by atoms with Gasteiger partial charge in [0, 0.05) is 0 Å². The molecule has 1 N–H and O–H groups in total. The standard InChI is InChI=1S/C6H5ClN4S/c1-12-6-9-4-3(7)2-8-11-5(4)10-6/h2H,1H3,(H,9,10,11). The minimum atomic E-state index is 0.549. The van der Waals surface area contributed by atoms with E-state index in [9.17, 15) is 0 Å². The molecule has 62 valence electrons.